The van der Waals surface area contributed by atoms with E-state index in [2.05, 4.69) is 5.10 Å². The Balaban J connectivity index is 2.32. The van der Waals surface area contributed by atoms with Crippen LogP contribution in [0.2, 0.25) is 10.0 Å². The zero-order valence-corrected chi connectivity index (χ0v) is 17.6. The zero-order chi connectivity index (χ0) is 21.8. The molecule has 1 aromatic carbocycles. The lowest BCUT2D eigenvalue weighted by Crippen LogP contribution is -2.22. The normalized spacial score (nSPS) is 13.0. The number of ether oxygens (including phenoxy) is 2. The number of rotatable bonds is 8. The van der Waals surface area contributed by atoms with Crippen molar-refractivity contribution >= 4 is 35.0 Å². The molecule has 0 amide bonds. The summed E-state index contributed by atoms with van der Waals surface area (Å²) < 4.78 is 49.4. The summed E-state index contributed by atoms with van der Waals surface area (Å²) in [7, 11) is 2.58. The van der Waals surface area contributed by atoms with Crippen LogP contribution in [0, 0.1) is 0 Å². The second-order valence-corrected chi connectivity index (χ2v) is 7.63. The van der Waals surface area contributed by atoms with Crippen molar-refractivity contribution < 1.29 is 27.8 Å². The standard InChI is InChI=1S/C17H17Cl2F3N2O4S/c1-24-14(17(20,21)22)7-12(25)16(23-24)9-5-13(11(19)6-10(9)18)29-8-15(26)28-4-3-27-2/h5-7,15,26H,3-4,8H2,1-2H3. The lowest BCUT2D eigenvalue weighted by molar-refractivity contribution is -0.144. The topological polar surface area (TPSA) is 73.6 Å². The van der Waals surface area contributed by atoms with Gasteiger partial charge in [0.05, 0.1) is 23.3 Å². The Kier molecular flexibility index (Phi) is 8.38. The van der Waals surface area contributed by atoms with Gasteiger partial charge >= 0.3 is 6.18 Å². The van der Waals surface area contributed by atoms with Crippen LogP contribution in [0.3, 0.4) is 0 Å². The van der Waals surface area contributed by atoms with E-state index in [9.17, 15) is 23.1 Å². The van der Waals surface area contributed by atoms with E-state index in [0.717, 1.165) is 18.8 Å². The molecule has 0 radical (unpaired) electrons. The summed E-state index contributed by atoms with van der Waals surface area (Å²) in [5.74, 6) is 0.114. The van der Waals surface area contributed by atoms with Crippen LogP contribution >= 0.6 is 35.0 Å². The second-order valence-electron chi connectivity index (χ2n) is 5.76. The highest BCUT2D eigenvalue weighted by atomic mass is 35.5. The fraction of sp³-hybridized carbons (Fsp3) is 0.412. The molecule has 0 aliphatic heterocycles. The predicted molar refractivity (Wildman–Crippen MR) is 104 cm³/mol. The number of hydrogen-bond donors (Lipinski definition) is 1. The summed E-state index contributed by atoms with van der Waals surface area (Å²) in [6, 6.07) is 3.26. The maximum absolute atomic E-state index is 13.0. The molecule has 0 aliphatic rings. The van der Waals surface area contributed by atoms with Crippen molar-refractivity contribution in [1.82, 2.24) is 9.78 Å². The predicted octanol–water partition coefficient (Wildman–Crippen LogP) is 3.85. The highest BCUT2D eigenvalue weighted by molar-refractivity contribution is 7.99. The molecule has 0 saturated carbocycles. The Hall–Kier alpha value is -1.30. The lowest BCUT2D eigenvalue weighted by Gasteiger charge is -2.15. The molecule has 0 aliphatic carbocycles. The molecule has 1 aromatic heterocycles. The van der Waals surface area contributed by atoms with E-state index in [0.29, 0.717) is 22.3 Å². The van der Waals surface area contributed by atoms with Crippen molar-refractivity contribution in [3.8, 4) is 11.3 Å². The zero-order valence-electron chi connectivity index (χ0n) is 15.3. The molecule has 0 bridgehead atoms. The molecule has 1 atom stereocenters. The summed E-state index contributed by atoms with van der Waals surface area (Å²) in [6.45, 7) is 0.514. The minimum atomic E-state index is -4.72. The van der Waals surface area contributed by atoms with Gasteiger partial charge in [0.2, 0.25) is 5.43 Å². The number of alkyl halides is 3. The first-order valence-electron chi connectivity index (χ1n) is 8.11. The van der Waals surface area contributed by atoms with Crippen molar-refractivity contribution in [3.05, 3.63) is 44.2 Å². The number of halogens is 5. The van der Waals surface area contributed by atoms with Gasteiger partial charge in [-0.25, -0.2) is 0 Å². The number of thioether (sulfide) groups is 1. The van der Waals surface area contributed by atoms with Crippen LogP contribution in [0.5, 0.6) is 0 Å². The monoisotopic (exact) mass is 472 g/mol. The van der Waals surface area contributed by atoms with Gasteiger partial charge in [-0.15, -0.1) is 11.8 Å². The third-order valence-electron chi connectivity index (χ3n) is 3.65. The van der Waals surface area contributed by atoms with Gasteiger partial charge in [0.15, 0.2) is 6.29 Å². The molecule has 0 saturated heterocycles. The van der Waals surface area contributed by atoms with Crippen LogP contribution in [-0.4, -0.2) is 47.3 Å². The van der Waals surface area contributed by atoms with Crippen molar-refractivity contribution in [3.63, 3.8) is 0 Å². The highest BCUT2D eigenvalue weighted by Gasteiger charge is 2.34. The van der Waals surface area contributed by atoms with Gasteiger partial charge in [-0.3, -0.25) is 9.48 Å². The van der Waals surface area contributed by atoms with Gasteiger partial charge in [0, 0.05) is 36.4 Å². The van der Waals surface area contributed by atoms with Gasteiger partial charge in [0.25, 0.3) is 0 Å². The van der Waals surface area contributed by atoms with E-state index < -0.39 is 23.6 Å². The molecule has 160 valence electrons. The summed E-state index contributed by atoms with van der Waals surface area (Å²) >= 11 is 13.4. The largest absolute Gasteiger partial charge is 0.433 e. The molecule has 2 aromatic rings. The van der Waals surface area contributed by atoms with E-state index in [1.165, 1.54) is 19.2 Å². The van der Waals surface area contributed by atoms with Gasteiger partial charge in [-0.2, -0.15) is 18.3 Å². The van der Waals surface area contributed by atoms with E-state index in [1.54, 1.807) is 0 Å². The third-order valence-corrected chi connectivity index (χ3v) is 5.48. The molecular formula is C17H17Cl2F3N2O4S. The molecular weight excluding hydrogens is 456 g/mol. The molecule has 1 unspecified atom stereocenters. The van der Waals surface area contributed by atoms with Crippen LogP contribution in [0.15, 0.2) is 27.9 Å². The summed E-state index contributed by atoms with van der Waals surface area (Å²) in [5, 5.41) is 13.9. The van der Waals surface area contributed by atoms with Gasteiger partial charge in [0.1, 0.15) is 11.4 Å². The van der Waals surface area contributed by atoms with Gasteiger partial charge < -0.3 is 14.6 Å². The van der Waals surface area contributed by atoms with E-state index in [4.69, 9.17) is 32.7 Å². The minimum absolute atomic E-state index is 0.0561. The fourth-order valence-corrected chi connectivity index (χ4v) is 3.74. The van der Waals surface area contributed by atoms with Crippen molar-refractivity contribution in [2.45, 2.75) is 17.4 Å². The fourth-order valence-electron chi connectivity index (χ4n) is 2.29. The van der Waals surface area contributed by atoms with Crippen LogP contribution < -0.4 is 5.43 Å². The van der Waals surface area contributed by atoms with Crippen molar-refractivity contribution in [2.24, 2.45) is 7.05 Å². The summed E-state index contributed by atoms with van der Waals surface area (Å²) in [4.78, 5) is 12.7. The third kappa shape index (κ3) is 6.34. The number of benzene rings is 1. The number of methoxy groups -OCH3 is 1. The van der Waals surface area contributed by atoms with E-state index in [-0.39, 0.29) is 33.7 Å². The quantitative estimate of drug-likeness (QED) is 0.357. The number of nitrogens with zero attached hydrogens (tertiary/aromatic N) is 2. The Bertz CT molecular complexity index is 925. The average Bonchev–Trinajstić information content (AvgIpc) is 2.62. The summed E-state index contributed by atoms with van der Waals surface area (Å²) in [6.07, 6.45) is -5.81. The lowest BCUT2D eigenvalue weighted by atomic mass is 10.1. The number of hydrogen-bond acceptors (Lipinski definition) is 6. The molecule has 6 nitrogen and oxygen atoms in total. The SMILES string of the molecule is COCCOC(O)CSc1cc(-c2nn(C)c(C(F)(F)F)cc2=O)c(Cl)cc1Cl. The molecule has 1 heterocycles. The Labute approximate surface area is 178 Å². The van der Waals surface area contributed by atoms with Gasteiger partial charge in [-0.1, -0.05) is 23.2 Å². The van der Waals surface area contributed by atoms with Crippen LogP contribution in [0.1, 0.15) is 5.69 Å². The Morgan fingerprint density at radius 3 is 2.55 bits per heavy atom. The molecule has 2 rings (SSSR count). The number of aliphatic hydroxyl groups excluding tert-OH is 1. The smallest absolute Gasteiger partial charge is 0.382 e. The first kappa shape index (κ1) is 24.0. The molecule has 29 heavy (non-hydrogen) atoms. The highest BCUT2D eigenvalue weighted by Crippen LogP contribution is 2.36. The molecule has 1 N–H and O–H groups in total. The minimum Gasteiger partial charge on any atom is -0.382 e. The molecule has 0 spiro atoms. The first-order valence-corrected chi connectivity index (χ1v) is 9.85. The van der Waals surface area contributed by atoms with Crippen LogP contribution in [0.25, 0.3) is 11.3 Å². The second kappa shape index (κ2) is 10.1. The maximum Gasteiger partial charge on any atom is 0.433 e. The first-order chi connectivity index (χ1) is 13.5. The van der Waals surface area contributed by atoms with Crippen molar-refractivity contribution in [1.29, 1.82) is 0 Å². The number of aliphatic hydroxyl groups is 1. The maximum atomic E-state index is 13.0. The van der Waals surface area contributed by atoms with Crippen LogP contribution in [0.4, 0.5) is 13.2 Å². The summed E-state index contributed by atoms with van der Waals surface area (Å²) in [5.41, 5.74) is -2.23. The Morgan fingerprint density at radius 2 is 1.93 bits per heavy atom. The molecule has 12 heteroatoms. The average molecular weight is 473 g/mol. The number of aromatic nitrogens is 2. The van der Waals surface area contributed by atoms with Gasteiger partial charge in [-0.05, 0) is 12.1 Å². The van der Waals surface area contributed by atoms with Crippen molar-refractivity contribution in [2.75, 3.05) is 26.1 Å². The van der Waals surface area contributed by atoms with Crippen LogP contribution in [-0.2, 0) is 22.7 Å². The Morgan fingerprint density at radius 1 is 1.24 bits per heavy atom. The molecule has 0 fully saturated rings. The van der Waals surface area contributed by atoms with E-state index in [1.807, 2.05) is 0 Å². The number of aryl methyl sites for hydroxylation is 1. The van der Waals surface area contributed by atoms with E-state index >= 15 is 0 Å².